The van der Waals surface area contributed by atoms with Crippen LogP contribution in [0.25, 0.3) is 0 Å². The fourth-order valence-electron chi connectivity index (χ4n) is 3.00. The molecular weight excluding hydrogens is 308 g/mol. The molecule has 0 aromatic carbocycles. The Balaban J connectivity index is 2.12. The summed E-state index contributed by atoms with van der Waals surface area (Å²) >= 11 is 0. The highest BCUT2D eigenvalue weighted by Crippen LogP contribution is 2.32. The molecule has 0 saturated carbocycles. The highest BCUT2D eigenvalue weighted by molar-refractivity contribution is 5.93. The van der Waals surface area contributed by atoms with Crippen LogP contribution in [0.2, 0.25) is 0 Å². The number of carbonyl (C=O) groups excluding carboxylic acids is 2. The normalized spacial score (nSPS) is 20.8. The van der Waals surface area contributed by atoms with Crippen LogP contribution in [-0.2, 0) is 14.3 Å². The maximum Gasteiger partial charge on any atom is 0.416 e. The number of hydrogen-bond acceptors (Lipinski definition) is 5. The van der Waals surface area contributed by atoms with Gasteiger partial charge in [0.2, 0.25) is 5.91 Å². The lowest BCUT2D eigenvalue weighted by molar-refractivity contribution is -0.129. The summed E-state index contributed by atoms with van der Waals surface area (Å²) in [6.45, 7) is 0.553. The summed E-state index contributed by atoms with van der Waals surface area (Å²) in [5, 5.41) is 8.78. The van der Waals surface area contributed by atoms with Gasteiger partial charge in [-0.15, -0.1) is 0 Å². The fourth-order valence-corrected chi connectivity index (χ4v) is 3.00. The number of ether oxygens (including phenoxy) is 2. The van der Waals surface area contributed by atoms with E-state index in [9.17, 15) is 9.59 Å². The van der Waals surface area contributed by atoms with Crippen molar-refractivity contribution in [2.75, 3.05) is 20.3 Å². The molecule has 1 heterocycles. The predicted octanol–water partition coefficient (Wildman–Crippen LogP) is 2.94. The van der Waals surface area contributed by atoms with Crippen molar-refractivity contribution in [1.82, 2.24) is 4.90 Å². The predicted molar refractivity (Wildman–Crippen MR) is 87.5 cm³/mol. The zero-order valence-corrected chi connectivity index (χ0v) is 13.8. The van der Waals surface area contributed by atoms with E-state index < -0.39 is 6.09 Å². The summed E-state index contributed by atoms with van der Waals surface area (Å²) in [6, 6.07) is 2.13. The van der Waals surface area contributed by atoms with Crippen molar-refractivity contribution in [2.45, 2.75) is 25.7 Å². The van der Waals surface area contributed by atoms with Crippen molar-refractivity contribution in [3.05, 3.63) is 36.1 Å². The third-order valence-electron chi connectivity index (χ3n) is 4.24. The third-order valence-corrected chi connectivity index (χ3v) is 4.24. The van der Waals surface area contributed by atoms with Crippen molar-refractivity contribution in [1.29, 1.82) is 5.26 Å². The zero-order chi connectivity index (χ0) is 17.4. The van der Waals surface area contributed by atoms with Gasteiger partial charge in [0.25, 0.3) is 0 Å². The lowest BCUT2D eigenvalue weighted by Gasteiger charge is -2.26. The van der Waals surface area contributed by atoms with Crippen LogP contribution in [0.4, 0.5) is 4.79 Å². The van der Waals surface area contributed by atoms with Gasteiger partial charge in [0.05, 0.1) is 19.7 Å². The standard InChI is InChI=1S/C18H22N2O4/c1-23-16-9-4-2-3-8-15(16)14(7-5-6-10-19)13-17(21)20-11-12-24-18(20)22/h2-4,8-9,14-15H,5-7,11-13H2,1H3. The lowest BCUT2D eigenvalue weighted by atomic mass is 9.83. The van der Waals surface area contributed by atoms with Crippen LogP contribution in [0.15, 0.2) is 36.1 Å². The van der Waals surface area contributed by atoms with Crippen LogP contribution in [0.3, 0.4) is 0 Å². The Morgan fingerprint density at radius 1 is 1.50 bits per heavy atom. The van der Waals surface area contributed by atoms with Gasteiger partial charge in [-0.25, -0.2) is 9.69 Å². The minimum atomic E-state index is -0.573. The fraction of sp³-hybridized carbons (Fsp3) is 0.500. The van der Waals surface area contributed by atoms with Crippen molar-refractivity contribution < 1.29 is 19.1 Å². The molecule has 0 aromatic rings. The molecule has 1 saturated heterocycles. The number of unbranched alkanes of at least 4 members (excludes halogenated alkanes) is 1. The van der Waals surface area contributed by atoms with E-state index in [-0.39, 0.29) is 30.8 Å². The second-order valence-corrected chi connectivity index (χ2v) is 5.74. The summed E-state index contributed by atoms with van der Waals surface area (Å²) in [6.07, 6.45) is 11.1. The van der Waals surface area contributed by atoms with E-state index in [1.807, 2.05) is 30.4 Å². The molecule has 2 rings (SSSR count). The third kappa shape index (κ3) is 4.48. The van der Waals surface area contributed by atoms with Gasteiger partial charge in [-0.1, -0.05) is 24.3 Å². The number of rotatable bonds is 7. The first kappa shape index (κ1) is 17.8. The van der Waals surface area contributed by atoms with Gasteiger partial charge in [0.15, 0.2) is 0 Å². The number of methoxy groups -OCH3 is 1. The number of amides is 2. The van der Waals surface area contributed by atoms with Crippen molar-refractivity contribution in [3.8, 4) is 6.07 Å². The number of imide groups is 1. The van der Waals surface area contributed by atoms with E-state index >= 15 is 0 Å². The summed E-state index contributed by atoms with van der Waals surface area (Å²) in [5.41, 5.74) is 0. The Bertz CT molecular complexity index is 601. The average molecular weight is 330 g/mol. The lowest BCUT2D eigenvalue weighted by Crippen LogP contribution is -2.34. The van der Waals surface area contributed by atoms with Gasteiger partial charge in [-0.05, 0) is 24.8 Å². The molecular formula is C18H22N2O4. The number of hydrogen-bond donors (Lipinski definition) is 0. The van der Waals surface area contributed by atoms with E-state index in [4.69, 9.17) is 14.7 Å². The van der Waals surface area contributed by atoms with Gasteiger partial charge in [-0.2, -0.15) is 5.26 Å². The Morgan fingerprint density at radius 3 is 3.00 bits per heavy atom. The van der Waals surface area contributed by atoms with Gasteiger partial charge in [0.1, 0.15) is 12.4 Å². The monoisotopic (exact) mass is 330 g/mol. The van der Waals surface area contributed by atoms with E-state index in [2.05, 4.69) is 6.07 Å². The smallest absolute Gasteiger partial charge is 0.416 e. The molecule has 0 radical (unpaired) electrons. The first-order valence-corrected chi connectivity index (χ1v) is 8.10. The second kappa shape index (κ2) is 8.92. The van der Waals surface area contributed by atoms with Crippen LogP contribution in [0, 0.1) is 23.2 Å². The Hall–Kier alpha value is -2.55. The van der Waals surface area contributed by atoms with Crippen molar-refractivity contribution in [3.63, 3.8) is 0 Å². The first-order chi connectivity index (χ1) is 11.7. The van der Waals surface area contributed by atoms with Gasteiger partial charge in [0, 0.05) is 18.8 Å². The van der Waals surface area contributed by atoms with Crippen molar-refractivity contribution in [2.24, 2.45) is 11.8 Å². The molecule has 0 spiro atoms. The van der Waals surface area contributed by atoms with Gasteiger partial charge < -0.3 is 9.47 Å². The Morgan fingerprint density at radius 2 is 2.33 bits per heavy atom. The van der Waals surface area contributed by atoms with Crippen LogP contribution in [-0.4, -0.2) is 37.2 Å². The van der Waals surface area contributed by atoms with Gasteiger partial charge >= 0.3 is 6.09 Å². The molecule has 2 amide bonds. The quantitative estimate of drug-likeness (QED) is 0.671. The minimum absolute atomic E-state index is 0.0402. The van der Waals surface area contributed by atoms with Crippen LogP contribution in [0.1, 0.15) is 25.7 Å². The minimum Gasteiger partial charge on any atom is -0.500 e. The molecule has 0 bridgehead atoms. The second-order valence-electron chi connectivity index (χ2n) is 5.74. The van der Waals surface area contributed by atoms with Gasteiger partial charge in [-0.3, -0.25) is 4.79 Å². The molecule has 0 N–H and O–H groups in total. The number of allylic oxidation sites excluding steroid dienone is 5. The van der Waals surface area contributed by atoms with E-state index in [0.29, 0.717) is 25.8 Å². The zero-order valence-electron chi connectivity index (χ0n) is 13.8. The van der Waals surface area contributed by atoms with E-state index in [0.717, 1.165) is 10.7 Å². The average Bonchev–Trinajstić information content (AvgIpc) is 2.87. The molecule has 0 aromatic heterocycles. The number of carbonyl (C=O) groups is 2. The van der Waals surface area contributed by atoms with Crippen molar-refractivity contribution >= 4 is 12.0 Å². The molecule has 6 nitrogen and oxygen atoms in total. The highest BCUT2D eigenvalue weighted by atomic mass is 16.6. The molecule has 2 unspecified atom stereocenters. The largest absolute Gasteiger partial charge is 0.500 e. The van der Waals surface area contributed by atoms with Crippen LogP contribution in [0.5, 0.6) is 0 Å². The number of cyclic esters (lactones) is 1. The topological polar surface area (TPSA) is 79.6 Å². The molecule has 2 atom stereocenters. The molecule has 2 aliphatic rings. The van der Waals surface area contributed by atoms with Crippen LogP contribution < -0.4 is 0 Å². The molecule has 1 fully saturated rings. The molecule has 24 heavy (non-hydrogen) atoms. The van der Waals surface area contributed by atoms with Crippen LogP contribution >= 0.6 is 0 Å². The summed E-state index contributed by atoms with van der Waals surface area (Å²) in [4.78, 5) is 25.2. The Labute approximate surface area is 142 Å². The number of nitriles is 1. The molecule has 1 aliphatic heterocycles. The maximum atomic E-state index is 12.5. The van der Waals surface area contributed by atoms with E-state index in [1.165, 1.54) is 0 Å². The SMILES string of the molecule is COC1=CC=CC=CC1C(CCCC#N)CC(=O)N1CCOC1=O. The Kier molecular flexibility index (Phi) is 6.62. The molecule has 6 heteroatoms. The highest BCUT2D eigenvalue weighted by Gasteiger charge is 2.33. The summed E-state index contributed by atoms with van der Waals surface area (Å²) in [7, 11) is 1.61. The summed E-state index contributed by atoms with van der Waals surface area (Å²) in [5.74, 6) is 0.437. The number of nitrogens with zero attached hydrogens (tertiary/aromatic N) is 2. The maximum absolute atomic E-state index is 12.5. The summed E-state index contributed by atoms with van der Waals surface area (Å²) < 4.78 is 10.3. The first-order valence-electron chi connectivity index (χ1n) is 8.10. The molecule has 1 aliphatic carbocycles. The molecule has 128 valence electrons. The van der Waals surface area contributed by atoms with E-state index in [1.54, 1.807) is 7.11 Å².